The van der Waals surface area contributed by atoms with E-state index < -0.39 is 0 Å². The summed E-state index contributed by atoms with van der Waals surface area (Å²) in [5.41, 5.74) is 0.659. The molecule has 0 spiro atoms. The lowest BCUT2D eigenvalue weighted by molar-refractivity contribution is -0.120. The van der Waals surface area contributed by atoms with E-state index in [0.717, 1.165) is 0 Å². The number of benzene rings is 1. The standard InChI is InChI=1S/C12H17ClN2O3/c1-18-5-4-15-12(17)8-14-7-9-6-10(13)2-3-11(9)16/h2-3,6,14,16H,4-5,7-8H2,1H3,(H,15,17). The Morgan fingerprint density at radius 1 is 1.50 bits per heavy atom. The molecule has 0 saturated heterocycles. The number of phenolic OH excluding ortho intramolecular Hbond substituents is 1. The number of halogens is 1. The van der Waals surface area contributed by atoms with Gasteiger partial charge in [-0.05, 0) is 18.2 Å². The minimum absolute atomic E-state index is 0.117. The third-order valence-electron chi connectivity index (χ3n) is 2.27. The number of hydrogen-bond acceptors (Lipinski definition) is 4. The molecular formula is C12H17ClN2O3. The van der Waals surface area contributed by atoms with Crippen molar-refractivity contribution in [2.45, 2.75) is 6.54 Å². The van der Waals surface area contributed by atoms with E-state index in [1.165, 1.54) is 6.07 Å². The molecule has 0 aliphatic heterocycles. The molecule has 0 aliphatic carbocycles. The van der Waals surface area contributed by atoms with Crippen molar-refractivity contribution in [3.05, 3.63) is 28.8 Å². The molecule has 0 bridgehead atoms. The molecule has 0 radical (unpaired) electrons. The molecule has 3 N–H and O–H groups in total. The summed E-state index contributed by atoms with van der Waals surface area (Å²) in [6.07, 6.45) is 0. The second kappa shape index (κ2) is 7.92. The first-order valence-corrected chi connectivity index (χ1v) is 5.95. The first-order valence-electron chi connectivity index (χ1n) is 5.57. The molecule has 18 heavy (non-hydrogen) atoms. The number of rotatable bonds is 7. The smallest absolute Gasteiger partial charge is 0.234 e. The summed E-state index contributed by atoms with van der Waals surface area (Å²) in [5.74, 6) is 0.0419. The monoisotopic (exact) mass is 272 g/mol. The summed E-state index contributed by atoms with van der Waals surface area (Å²) in [4.78, 5) is 11.3. The van der Waals surface area contributed by atoms with E-state index in [1.54, 1.807) is 19.2 Å². The fourth-order valence-electron chi connectivity index (χ4n) is 1.36. The molecule has 0 saturated carbocycles. The molecule has 100 valence electrons. The van der Waals surface area contributed by atoms with Gasteiger partial charge < -0.3 is 20.5 Å². The molecule has 0 atom stereocenters. The number of amides is 1. The molecule has 6 heteroatoms. The summed E-state index contributed by atoms with van der Waals surface area (Å²) in [6.45, 7) is 1.53. The number of aromatic hydroxyl groups is 1. The van der Waals surface area contributed by atoms with Gasteiger partial charge in [0.05, 0.1) is 13.2 Å². The van der Waals surface area contributed by atoms with E-state index in [2.05, 4.69) is 10.6 Å². The molecule has 1 aromatic rings. The molecule has 0 fully saturated rings. The zero-order valence-corrected chi connectivity index (χ0v) is 11.0. The van der Waals surface area contributed by atoms with Crippen molar-refractivity contribution in [2.24, 2.45) is 0 Å². The third kappa shape index (κ3) is 5.35. The maximum atomic E-state index is 11.3. The van der Waals surface area contributed by atoms with Crippen LogP contribution in [0, 0.1) is 0 Å². The van der Waals surface area contributed by atoms with Crippen molar-refractivity contribution in [3.63, 3.8) is 0 Å². The second-order valence-corrected chi connectivity index (χ2v) is 4.16. The number of phenols is 1. The molecular weight excluding hydrogens is 256 g/mol. The van der Waals surface area contributed by atoms with Crippen molar-refractivity contribution >= 4 is 17.5 Å². The Morgan fingerprint density at radius 2 is 2.28 bits per heavy atom. The number of nitrogens with one attached hydrogen (secondary N) is 2. The summed E-state index contributed by atoms with van der Waals surface area (Å²) < 4.78 is 4.81. The van der Waals surface area contributed by atoms with Crippen molar-refractivity contribution in [1.29, 1.82) is 0 Å². The van der Waals surface area contributed by atoms with Gasteiger partial charge in [-0.2, -0.15) is 0 Å². The first kappa shape index (κ1) is 14.8. The summed E-state index contributed by atoms with van der Waals surface area (Å²) >= 11 is 5.81. The minimum Gasteiger partial charge on any atom is -0.508 e. The van der Waals surface area contributed by atoms with Crippen LogP contribution in [0.5, 0.6) is 5.75 Å². The van der Waals surface area contributed by atoms with Crippen LogP contribution in [0.4, 0.5) is 0 Å². The molecule has 0 aliphatic rings. The highest BCUT2D eigenvalue weighted by molar-refractivity contribution is 6.30. The predicted octanol–water partition coefficient (Wildman–Crippen LogP) is 0.898. The van der Waals surface area contributed by atoms with Gasteiger partial charge in [0.1, 0.15) is 5.75 Å². The van der Waals surface area contributed by atoms with Crippen LogP contribution in [0.1, 0.15) is 5.56 Å². The Balaban J connectivity index is 2.28. The Hall–Kier alpha value is -1.30. The third-order valence-corrected chi connectivity index (χ3v) is 2.51. The van der Waals surface area contributed by atoms with Crippen LogP contribution >= 0.6 is 11.6 Å². The predicted molar refractivity (Wildman–Crippen MR) is 69.7 cm³/mol. The molecule has 1 rings (SSSR count). The fourth-order valence-corrected chi connectivity index (χ4v) is 1.56. The Bertz CT molecular complexity index is 399. The van der Waals surface area contributed by atoms with Crippen molar-refractivity contribution < 1.29 is 14.6 Å². The Morgan fingerprint density at radius 3 is 3.00 bits per heavy atom. The minimum atomic E-state index is -0.117. The molecule has 5 nitrogen and oxygen atoms in total. The Kier molecular flexibility index (Phi) is 6.49. The number of carbonyl (C=O) groups excluding carboxylic acids is 1. The highest BCUT2D eigenvalue weighted by atomic mass is 35.5. The van der Waals surface area contributed by atoms with E-state index in [0.29, 0.717) is 30.3 Å². The zero-order valence-electron chi connectivity index (χ0n) is 10.2. The van der Waals surface area contributed by atoms with Gasteiger partial charge in [0.25, 0.3) is 0 Å². The maximum Gasteiger partial charge on any atom is 0.234 e. The number of methoxy groups -OCH3 is 1. The SMILES string of the molecule is COCCNC(=O)CNCc1cc(Cl)ccc1O. The molecule has 1 amide bonds. The van der Waals surface area contributed by atoms with E-state index >= 15 is 0 Å². The second-order valence-electron chi connectivity index (χ2n) is 3.72. The van der Waals surface area contributed by atoms with Crippen LogP contribution in [0.2, 0.25) is 5.02 Å². The van der Waals surface area contributed by atoms with E-state index in [4.69, 9.17) is 16.3 Å². The lowest BCUT2D eigenvalue weighted by Gasteiger charge is -2.08. The van der Waals surface area contributed by atoms with E-state index in [1.807, 2.05) is 0 Å². The van der Waals surface area contributed by atoms with Crippen molar-refractivity contribution in [1.82, 2.24) is 10.6 Å². The Labute approximate surface area is 111 Å². The van der Waals surface area contributed by atoms with Crippen LogP contribution in [0.25, 0.3) is 0 Å². The van der Waals surface area contributed by atoms with Gasteiger partial charge in [-0.1, -0.05) is 11.6 Å². The largest absolute Gasteiger partial charge is 0.508 e. The van der Waals surface area contributed by atoms with E-state index in [-0.39, 0.29) is 18.2 Å². The molecule has 0 heterocycles. The molecule has 0 unspecified atom stereocenters. The normalized spacial score (nSPS) is 10.3. The van der Waals surface area contributed by atoms with Gasteiger partial charge in [-0.15, -0.1) is 0 Å². The lowest BCUT2D eigenvalue weighted by atomic mass is 10.2. The van der Waals surface area contributed by atoms with Crippen LogP contribution in [0.15, 0.2) is 18.2 Å². The summed E-state index contributed by atoms with van der Waals surface area (Å²) in [6, 6.07) is 4.79. The maximum absolute atomic E-state index is 11.3. The molecule has 1 aromatic carbocycles. The summed E-state index contributed by atoms with van der Waals surface area (Å²) in [5, 5.41) is 15.7. The number of hydrogen-bond donors (Lipinski definition) is 3. The van der Waals surface area contributed by atoms with Crippen LogP contribution in [0.3, 0.4) is 0 Å². The van der Waals surface area contributed by atoms with Crippen LogP contribution in [-0.4, -0.2) is 37.8 Å². The average Bonchev–Trinajstić information content (AvgIpc) is 2.34. The van der Waals surface area contributed by atoms with Gasteiger partial charge in [0.2, 0.25) is 5.91 Å². The highest BCUT2D eigenvalue weighted by Crippen LogP contribution is 2.20. The van der Waals surface area contributed by atoms with Gasteiger partial charge in [-0.25, -0.2) is 0 Å². The van der Waals surface area contributed by atoms with Crippen molar-refractivity contribution in [3.8, 4) is 5.75 Å². The van der Waals surface area contributed by atoms with E-state index in [9.17, 15) is 9.90 Å². The van der Waals surface area contributed by atoms with Gasteiger partial charge in [0.15, 0.2) is 0 Å². The average molecular weight is 273 g/mol. The van der Waals surface area contributed by atoms with Gasteiger partial charge in [-0.3, -0.25) is 4.79 Å². The lowest BCUT2D eigenvalue weighted by Crippen LogP contribution is -2.35. The fraction of sp³-hybridized carbons (Fsp3) is 0.417. The number of carbonyl (C=O) groups is 1. The zero-order chi connectivity index (χ0) is 13.4. The molecule has 0 aromatic heterocycles. The van der Waals surface area contributed by atoms with Crippen LogP contribution in [-0.2, 0) is 16.1 Å². The summed E-state index contributed by atoms with van der Waals surface area (Å²) in [7, 11) is 1.58. The topological polar surface area (TPSA) is 70.6 Å². The van der Waals surface area contributed by atoms with Gasteiger partial charge >= 0.3 is 0 Å². The first-order chi connectivity index (χ1) is 8.63. The number of ether oxygens (including phenoxy) is 1. The quantitative estimate of drug-likeness (QED) is 0.645. The highest BCUT2D eigenvalue weighted by Gasteiger charge is 2.04. The van der Waals surface area contributed by atoms with Crippen LogP contribution < -0.4 is 10.6 Å². The van der Waals surface area contributed by atoms with Crippen molar-refractivity contribution in [2.75, 3.05) is 26.8 Å². The van der Waals surface area contributed by atoms with Gasteiger partial charge in [0, 0.05) is 30.8 Å².